The quantitative estimate of drug-likeness (QED) is 0.125. The van der Waals surface area contributed by atoms with Gasteiger partial charge in [0.2, 0.25) is 0 Å². The van der Waals surface area contributed by atoms with Crippen molar-refractivity contribution in [3.05, 3.63) is 182 Å². The van der Waals surface area contributed by atoms with Crippen molar-refractivity contribution in [3.63, 3.8) is 0 Å². The molecule has 3 atom stereocenters. The van der Waals surface area contributed by atoms with Crippen molar-refractivity contribution < 1.29 is 0 Å². The Morgan fingerprint density at radius 2 is 0.646 bits per heavy atom. The Morgan fingerprint density at radius 1 is 0.375 bits per heavy atom. The molecule has 1 saturated carbocycles. The van der Waals surface area contributed by atoms with E-state index in [1.54, 1.807) is 0 Å². The van der Waals surface area contributed by atoms with E-state index in [-0.39, 0.29) is 0 Å². The molecule has 2 nitrogen and oxygen atoms in total. The summed E-state index contributed by atoms with van der Waals surface area (Å²) in [6, 6.07) is 68.4. The minimum absolute atomic E-state index is 0.410. The van der Waals surface area contributed by atoms with Crippen LogP contribution in [0.25, 0.3) is 0 Å². The van der Waals surface area contributed by atoms with Gasteiger partial charge < -0.3 is 0 Å². The fraction of sp³-hybridized carbons (Fsp3) is 0.143. The normalized spacial score (nSPS) is 16.6. The van der Waals surface area contributed by atoms with Gasteiger partial charge in [0.25, 0.3) is 0 Å². The lowest BCUT2D eigenvalue weighted by atomic mass is 9.92. The van der Waals surface area contributed by atoms with Gasteiger partial charge in [-0.2, -0.15) is 0 Å². The average Bonchev–Trinajstić information content (AvgIpc) is 3.17. The first-order chi connectivity index (χ1) is 23.8. The molecular formula is C42H42N2P4. The topological polar surface area (TPSA) is 6.48 Å². The van der Waals surface area contributed by atoms with Gasteiger partial charge in [-0.05, 0) is 51.1 Å². The molecule has 1 aliphatic carbocycles. The molecule has 240 valence electrons. The molecule has 3 unspecified atom stereocenters. The van der Waals surface area contributed by atoms with E-state index < -0.39 is 24.2 Å². The fourth-order valence-corrected chi connectivity index (χ4v) is 16.5. The second-order valence-electron chi connectivity index (χ2n) is 12.1. The van der Waals surface area contributed by atoms with Gasteiger partial charge in [0.15, 0.2) is 0 Å². The van der Waals surface area contributed by atoms with Gasteiger partial charge in [0, 0.05) is 36.3 Å². The van der Waals surface area contributed by atoms with Gasteiger partial charge in [-0.1, -0.05) is 198 Å². The molecule has 0 bridgehead atoms. The van der Waals surface area contributed by atoms with Crippen molar-refractivity contribution in [3.8, 4) is 0 Å². The summed E-state index contributed by atoms with van der Waals surface area (Å²) in [6.45, 7) is 0. The Hall–Kier alpha value is -3.04. The molecule has 6 aromatic carbocycles. The van der Waals surface area contributed by atoms with Crippen molar-refractivity contribution in [2.45, 2.75) is 37.8 Å². The molecule has 0 N–H and O–H groups in total. The number of nitrogens with zero attached hydrogens (tertiary/aromatic N) is 2. The van der Waals surface area contributed by atoms with E-state index in [1.807, 2.05) is 0 Å². The van der Waals surface area contributed by atoms with Crippen LogP contribution in [0.5, 0.6) is 0 Å². The second kappa shape index (κ2) is 16.6. The van der Waals surface area contributed by atoms with Crippen molar-refractivity contribution in [2.75, 3.05) is 0 Å². The lowest BCUT2D eigenvalue weighted by Gasteiger charge is -2.48. The number of hydrogen-bond acceptors (Lipinski definition) is 2. The molecule has 0 amide bonds. The van der Waals surface area contributed by atoms with Gasteiger partial charge in [-0.15, -0.1) is 0 Å². The van der Waals surface area contributed by atoms with E-state index in [9.17, 15) is 0 Å². The molecule has 0 saturated heterocycles. The van der Waals surface area contributed by atoms with Crippen LogP contribution < -0.4 is 31.8 Å². The van der Waals surface area contributed by atoms with Crippen LogP contribution in [0.4, 0.5) is 0 Å². The zero-order valence-electron chi connectivity index (χ0n) is 27.1. The molecule has 48 heavy (non-hydrogen) atoms. The molecule has 6 aromatic rings. The SMILES string of the molecule is PN(C1CCCC(N(P(c2ccccc2)c2ccccc2)P(c2ccccc2)c2ccccc2)C1)P(c1ccccc1)c1ccccc1. The summed E-state index contributed by atoms with van der Waals surface area (Å²) in [7, 11) is 0.892. The highest BCUT2D eigenvalue weighted by Gasteiger charge is 2.40. The Bertz CT molecular complexity index is 1610. The van der Waals surface area contributed by atoms with Gasteiger partial charge >= 0.3 is 0 Å². The summed E-state index contributed by atoms with van der Waals surface area (Å²) in [5, 5.41) is 8.47. The largest absolute Gasteiger partial charge is 0.255 e. The Balaban J connectivity index is 1.35. The zero-order valence-corrected chi connectivity index (χ0v) is 31.0. The van der Waals surface area contributed by atoms with Crippen molar-refractivity contribution >= 4 is 65.4 Å². The molecule has 1 aliphatic rings. The highest BCUT2D eigenvalue weighted by Crippen LogP contribution is 2.58. The van der Waals surface area contributed by atoms with E-state index in [4.69, 9.17) is 0 Å². The van der Waals surface area contributed by atoms with E-state index in [0.717, 1.165) is 6.42 Å². The molecule has 0 aromatic heterocycles. The van der Waals surface area contributed by atoms with Crippen LogP contribution in [0.3, 0.4) is 0 Å². The second-order valence-corrected chi connectivity index (χ2v) is 19.7. The lowest BCUT2D eigenvalue weighted by molar-refractivity contribution is 0.276. The van der Waals surface area contributed by atoms with Crippen molar-refractivity contribution in [1.82, 2.24) is 8.88 Å². The van der Waals surface area contributed by atoms with Gasteiger partial charge in [0.05, 0.1) is 0 Å². The van der Waals surface area contributed by atoms with Crippen LogP contribution in [0.2, 0.25) is 0 Å². The maximum absolute atomic E-state index is 3.23. The Labute approximate surface area is 292 Å². The van der Waals surface area contributed by atoms with Gasteiger partial charge in [0.1, 0.15) is 0 Å². The zero-order chi connectivity index (χ0) is 32.5. The summed E-state index contributed by atoms with van der Waals surface area (Å²) < 4.78 is 5.68. The summed E-state index contributed by atoms with van der Waals surface area (Å²) in [5.41, 5.74) is 0. The van der Waals surface area contributed by atoms with Crippen LogP contribution >= 0.6 is 33.6 Å². The summed E-state index contributed by atoms with van der Waals surface area (Å²) >= 11 is 0. The molecular weight excluding hydrogens is 656 g/mol. The summed E-state index contributed by atoms with van der Waals surface area (Å²) in [5.74, 6) is 0. The maximum atomic E-state index is 3.23. The predicted molar refractivity (Wildman–Crippen MR) is 217 cm³/mol. The summed E-state index contributed by atoms with van der Waals surface area (Å²) in [4.78, 5) is 0. The number of rotatable bonds is 11. The van der Waals surface area contributed by atoms with E-state index in [0.29, 0.717) is 12.1 Å². The van der Waals surface area contributed by atoms with Crippen LogP contribution in [0.1, 0.15) is 25.7 Å². The molecule has 0 heterocycles. The predicted octanol–water partition coefficient (Wildman–Crippen LogP) is 8.84. The Kier molecular flexibility index (Phi) is 11.6. The third kappa shape index (κ3) is 7.72. The first-order valence-electron chi connectivity index (χ1n) is 16.8. The molecule has 6 heteroatoms. The molecule has 0 radical (unpaired) electrons. The minimum Gasteiger partial charge on any atom is -0.255 e. The smallest absolute Gasteiger partial charge is 0.0325 e. The van der Waals surface area contributed by atoms with Crippen LogP contribution in [-0.2, 0) is 0 Å². The van der Waals surface area contributed by atoms with Gasteiger partial charge in [-0.3, -0.25) is 4.44 Å². The van der Waals surface area contributed by atoms with Gasteiger partial charge in [-0.25, -0.2) is 4.44 Å². The highest BCUT2D eigenvalue weighted by molar-refractivity contribution is 7.84. The molecule has 0 aliphatic heterocycles. The first-order valence-corrected chi connectivity index (χ1v) is 21.2. The number of hydrogen-bond donors (Lipinski definition) is 0. The first kappa shape index (κ1) is 33.5. The third-order valence-electron chi connectivity index (χ3n) is 8.96. The average molecular weight is 699 g/mol. The molecule has 7 rings (SSSR count). The van der Waals surface area contributed by atoms with E-state index in [1.165, 1.54) is 51.1 Å². The highest BCUT2D eigenvalue weighted by atomic mass is 31.2. The van der Waals surface area contributed by atoms with Crippen LogP contribution in [0.15, 0.2) is 182 Å². The summed E-state index contributed by atoms with van der Waals surface area (Å²) in [6.07, 6.45) is 4.73. The minimum atomic E-state index is -0.823. The molecule has 1 fully saturated rings. The van der Waals surface area contributed by atoms with E-state index in [2.05, 4.69) is 200 Å². The van der Waals surface area contributed by atoms with Crippen LogP contribution in [-0.4, -0.2) is 21.0 Å². The Morgan fingerprint density at radius 3 is 0.958 bits per heavy atom. The fourth-order valence-electron chi connectivity index (χ4n) is 6.77. The maximum Gasteiger partial charge on any atom is 0.0325 e. The van der Waals surface area contributed by atoms with Crippen molar-refractivity contribution in [1.29, 1.82) is 0 Å². The van der Waals surface area contributed by atoms with Crippen molar-refractivity contribution in [2.24, 2.45) is 0 Å². The molecule has 0 spiro atoms. The van der Waals surface area contributed by atoms with E-state index >= 15 is 0 Å². The standard InChI is InChI=1S/C42H42N2P4/c45-43(46(37-22-7-1-8-23-37)38-24-9-2-10-25-38)35-20-19-21-36(34-35)44(47(39-26-11-3-12-27-39)40-28-13-4-14-29-40)48(41-30-15-5-16-31-41)42-32-17-6-18-33-42/h1-18,22-33,35-36H,19-21,34,45H2. The lowest BCUT2D eigenvalue weighted by Crippen LogP contribution is -2.44. The third-order valence-corrected chi connectivity index (χ3v) is 18.1. The monoisotopic (exact) mass is 698 g/mol. The van der Waals surface area contributed by atoms with Crippen LogP contribution in [0, 0.1) is 0 Å². The number of benzene rings is 6.